The van der Waals surface area contributed by atoms with E-state index in [1.165, 1.54) is 18.4 Å². The summed E-state index contributed by atoms with van der Waals surface area (Å²) in [5.74, 6) is 0.948. The van der Waals surface area contributed by atoms with Crippen molar-refractivity contribution in [2.45, 2.75) is 31.3 Å². The summed E-state index contributed by atoms with van der Waals surface area (Å²) in [7, 11) is 0. The van der Waals surface area contributed by atoms with E-state index in [0.717, 1.165) is 18.9 Å². The number of hydrogen-bond donors (Lipinski definition) is 2. The lowest BCUT2D eigenvalue weighted by molar-refractivity contribution is -0.125. The third kappa shape index (κ3) is 2.50. The monoisotopic (exact) mass is 230 g/mol. The summed E-state index contributed by atoms with van der Waals surface area (Å²) >= 11 is 0. The zero-order valence-corrected chi connectivity index (χ0v) is 9.86. The molecular weight excluding hydrogens is 212 g/mol. The van der Waals surface area contributed by atoms with E-state index in [1.807, 2.05) is 18.2 Å². The van der Waals surface area contributed by atoms with Crippen LogP contribution in [0.15, 0.2) is 30.3 Å². The first kappa shape index (κ1) is 10.8. The van der Waals surface area contributed by atoms with Gasteiger partial charge in [-0.25, -0.2) is 0 Å². The fraction of sp³-hybridized carbons (Fsp3) is 0.500. The first-order valence-electron chi connectivity index (χ1n) is 6.41. The maximum Gasteiger partial charge on any atom is 0.237 e. The van der Waals surface area contributed by atoms with Gasteiger partial charge in [0.2, 0.25) is 5.91 Å². The molecule has 3 heteroatoms. The summed E-state index contributed by atoms with van der Waals surface area (Å²) in [5, 5.41) is 6.49. The van der Waals surface area contributed by atoms with E-state index >= 15 is 0 Å². The molecule has 2 N–H and O–H groups in total. The molecule has 1 amide bonds. The van der Waals surface area contributed by atoms with Gasteiger partial charge in [0.25, 0.3) is 0 Å². The number of hydrogen-bond acceptors (Lipinski definition) is 2. The van der Waals surface area contributed by atoms with E-state index in [1.54, 1.807) is 0 Å². The number of piperazine rings is 1. The summed E-state index contributed by atoms with van der Waals surface area (Å²) < 4.78 is 0. The van der Waals surface area contributed by atoms with Crippen LogP contribution in [0.25, 0.3) is 0 Å². The van der Waals surface area contributed by atoms with Crippen molar-refractivity contribution in [3.8, 4) is 0 Å². The van der Waals surface area contributed by atoms with Gasteiger partial charge < -0.3 is 10.6 Å². The highest BCUT2D eigenvalue weighted by Gasteiger charge is 2.33. The van der Waals surface area contributed by atoms with Gasteiger partial charge in [0.05, 0.1) is 12.1 Å². The molecule has 1 aliphatic heterocycles. The van der Waals surface area contributed by atoms with Gasteiger partial charge in [0, 0.05) is 6.54 Å². The number of benzene rings is 1. The standard InChI is InChI=1S/C14H18N2O/c17-14-12(8-10-6-7-10)15-9-13(16-14)11-4-2-1-3-5-11/h1-5,10,12-13,15H,6-9H2,(H,16,17)/t12-,13+/m0/s1. The Morgan fingerprint density at radius 1 is 1.18 bits per heavy atom. The Morgan fingerprint density at radius 2 is 1.94 bits per heavy atom. The lowest BCUT2D eigenvalue weighted by Crippen LogP contribution is -2.54. The maximum atomic E-state index is 12.0. The summed E-state index contributed by atoms with van der Waals surface area (Å²) in [4.78, 5) is 12.0. The first-order chi connectivity index (χ1) is 8.33. The highest BCUT2D eigenvalue weighted by atomic mass is 16.2. The molecule has 0 unspecified atom stereocenters. The third-order valence-electron chi connectivity index (χ3n) is 3.67. The predicted molar refractivity (Wildman–Crippen MR) is 66.5 cm³/mol. The Bertz CT molecular complexity index is 400. The van der Waals surface area contributed by atoms with Crippen molar-refractivity contribution in [2.75, 3.05) is 6.54 Å². The Kier molecular flexibility index (Phi) is 2.85. The van der Waals surface area contributed by atoms with Gasteiger partial charge in [-0.1, -0.05) is 43.2 Å². The van der Waals surface area contributed by atoms with Crippen LogP contribution in [0.1, 0.15) is 30.9 Å². The Balaban J connectivity index is 1.62. The molecule has 0 spiro atoms. The number of carbonyl (C=O) groups excluding carboxylic acids is 1. The minimum absolute atomic E-state index is 0.0301. The fourth-order valence-corrected chi connectivity index (χ4v) is 2.44. The van der Waals surface area contributed by atoms with Crippen LogP contribution >= 0.6 is 0 Å². The van der Waals surface area contributed by atoms with Gasteiger partial charge in [0.15, 0.2) is 0 Å². The van der Waals surface area contributed by atoms with E-state index in [-0.39, 0.29) is 18.0 Å². The van der Waals surface area contributed by atoms with Crippen LogP contribution in [-0.4, -0.2) is 18.5 Å². The number of nitrogens with one attached hydrogen (secondary N) is 2. The minimum Gasteiger partial charge on any atom is -0.347 e. The summed E-state index contributed by atoms with van der Waals surface area (Å²) in [6.45, 7) is 0.840. The number of amides is 1. The van der Waals surface area contributed by atoms with Gasteiger partial charge in [0.1, 0.15) is 0 Å². The van der Waals surface area contributed by atoms with Gasteiger partial charge in [-0.15, -0.1) is 0 Å². The van der Waals surface area contributed by atoms with Crippen molar-refractivity contribution in [1.29, 1.82) is 0 Å². The molecule has 0 radical (unpaired) electrons. The average molecular weight is 230 g/mol. The Hall–Kier alpha value is -1.35. The van der Waals surface area contributed by atoms with E-state index in [4.69, 9.17) is 0 Å². The molecule has 2 atom stereocenters. The molecule has 0 bridgehead atoms. The number of rotatable bonds is 3. The quantitative estimate of drug-likeness (QED) is 0.828. The molecule has 1 heterocycles. The van der Waals surface area contributed by atoms with Crippen molar-refractivity contribution in [3.05, 3.63) is 35.9 Å². The van der Waals surface area contributed by atoms with E-state index in [2.05, 4.69) is 22.8 Å². The van der Waals surface area contributed by atoms with E-state index < -0.39 is 0 Å². The van der Waals surface area contributed by atoms with Crippen LogP contribution in [0.2, 0.25) is 0 Å². The van der Waals surface area contributed by atoms with E-state index in [0.29, 0.717) is 0 Å². The molecule has 2 aliphatic rings. The van der Waals surface area contributed by atoms with Crippen molar-refractivity contribution >= 4 is 5.91 Å². The predicted octanol–water partition coefficient (Wildman–Crippen LogP) is 1.62. The zero-order chi connectivity index (χ0) is 11.7. The summed E-state index contributed by atoms with van der Waals surface area (Å²) in [6, 6.07) is 10.3. The first-order valence-corrected chi connectivity index (χ1v) is 6.41. The zero-order valence-electron chi connectivity index (χ0n) is 9.86. The van der Waals surface area contributed by atoms with Gasteiger partial charge in [-0.05, 0) is 17.9 Å². The van der Waals surface area contributed by atoms with Crippen molar-refractivity contribution in [3.63, 3.8) is 0 Å². The smallest absolute Gasteiger partial charge is 0.237 e. The molecule has 90 valence electrons. The topological polar surface area (TPSA) is 41.1 Å². The highest BCUT2D eigenvalue weighted by Crippen LogP contribution is 2.34. The van der Waals surface area contributed by atoms with Crippen molar-refractivity contribution < 1.29 is 4.79 Å². The molecule has 17 heavy (non-hydrogen) atoms. The molecule has 1 aliphatic carbocycles. The highest BCUT2D eigenvalue weighted by molar-refractivity contribution is 5.83. The van der Waals surface area contributed by atoms with Crippen LogP contribution in [0.5, 0.6) is 0 Å². The maximum absolute atomic E-state index is 12.0. The van der Waals surface area contributed by atoms with Crippen LogP contribution in [0.3, 0.4) is 0 Å². The van der Waals surface area contributed by atoms with Crippen molar-refractivity contribution in [1.82, 2.24) is 10.6 Å². The third-order valence-corrected chi connectivity index (χ3v) is 3.67. The van der Waals surface area contributed by atoms with E-state index in [9.17, 15) is 4.79 Å². The van der Waals surface area contributed by atoms with Crippen LogP contribution < -0.4 is 10.6 Å². The average Bonchev–Trinajstić information content (AvgIpc) is 3.17. The Labute approximate surface area is 102 Å². The summed E-state index contributed by atoms with van der Waals surface area (Å²) in [6.07, 6.45) is 3.61. The molecule has 0 aromatic heterocycles. The molecule has 1 aromatic rings. The summed E-state index contributed by atoms with van der Waals surface area (Å²) in [5.41, 5.74) is 1.18. The molecule has 2 fully saturated rings. The van der Waals surface area contributed by atoms with Crippen molar-refractivity contribution in [2.24, 2.45) is 5.92 Å². The fourth-order valence-electron chi connectivity index (χ4n) is 2.44. The molecular formula is C14H18N2O. The minimum atomic E-state index is 0.0301. The molecule has 1 saturated heterocycles. The lowest BCUT2D eigenvalue weighted by Gasteiger charge is -2.30. The van der Waals surface area contributed by atoms with Crippen LogP contribution in [-0.2, 0) is 4.79 Å². The molecule has 3 rings (SSSR count). The lowest BCUT2D eigenvalue weighted by atomic mass is 10.0. The largest absolute Gasteiger partial charge is 0.347 e. The van der Waals surface area contributed by atoms with Gasteiger partial charge in [-0.3, -0.25) is 4.79 Å². The van der Waals surface area contributed by atoms with Crippen LogP contribution in [0, 0.1) is 5.92 Å². The van der Waals surface area contributed by atoms with Crippen LogP contribution in [0.4, 0.5) is 0 Å². The van der Waals surface area contributed by atoms with Gasteiger partial charge in [-0.2, -0.15) is 0 Å². The van der Waals surface area contributed by atoms with Gasteiger partial charge >= 0.3 is 0 Å². The Morgan fingerprint density at radius 3 is 2.59 bits per heavy atom. The normalized spacial score (nSPS) is 28.8. The molecule has 1 aromatic carbocycles. The SMILES string of the molecule is O=C1N[C@@H](c2ccccc2)CN[C@H]1CC1CC1. The second-order valence-corrected chi connectivity index (χ2v) is 5.11. The molecule has 1 saturated carbocycles. The molecule has 3 nitrogen and oxygen atoms in total. The number of carbonyl (C=O) groups is 1. The second-order valence-electron chi connectivity index (χ2n) is 5.11. The second kappa shape index (κ2) is 4.49.